The molecular formula is C9H14N2. The average molecular weight is 150 g/mol. The van der Waals surface area contributed by atoms with Crippen molar-refractivity contribution in [1.29, 1.82) is 0 Å². The van der Waals surface area contributed by atoms with E-state index in [0.717, 1.165) is 23.4 Å². The van der Waals surface area contributed by atoms with Crippen LogP contribution in [0.15, 0.2) is 23.8 Å². The van der Waals surface area contributed by atoms with E-state index < -0.39 is 0 Å². The Labute approximate surface area is 68.2 Å². The third-order valence-electron chi connectivity index (χ3n) is 1.69. The predicted octanol–water partition coefficient (Wildman–Crippen LogP) is 3.02. The summed E-state index contributed by atoms with van der Waals surface area (Å²) in [6.45, 7) is 9.45. The number of aliphatic imine (C=N–C) groups is 1. The van der Waals surface area contributed by atoms with Crippen molar-refractivity contribution in [2.45, 2.75) is 13.3 Å². The average Bonchev–Trinajstić information content (AvgIpc) is 2.50. The summed E-state index contributed by atoms with van der Waals surface area (Å²) >= 11 is 0. The van der Waals surface area contributed by atoms with Crippen LogP contribution in [0, 0.1) is 0 Å². The second-order valence-electron chi connectivity index (χ2n) is 2.36. The fraction of sp³-hybridized carbons (Fsp3) is 0.222. The van der Waals surface area contributed by atoms with Crippen LogP contribution < -0.4 is 0 Å². The van der Waals surface area contributed by atoms with Crippen LogP contribution in [0.1, 0.15) is 20.3 Å². The van der Waals surface area contributed by atoms with Crippen LogP contribution in [-0.4, -0.2) is 11.7 Å². The van der Waals surface area contributed by atoms with Crippen LogP contribution >= 0.6 is 0 Å². The molecule has 0 saturated heterocycles. The first-order valence-electron chi connectivity index (χ1n) is 3.61. The standard InChI is InChI=1S/C9H12N2.H2/c1-4-7(2)8-5-6-11-9(8)10-3;/h5-6,11H,2-4H2,1H3;1H. The quantitative estimate of drug-likeness (QED) is 0.641. The van der Waals surface area contributed by atoms with E-state index in [-0.39, 0.29) is 1.43 Å². The first-order valence-corrected chi connectivity index (χ1v) is 3.61. The van der Waals surface area contributed by atoms with E-state index in [4.69, 9.17) is 0 Å². The first-order chi connectivity index (χ1) is 5.29. The van der Waals surface area contributed by atoms with Crippen molar-refractivity contribution in [2.24, 2.45) is 4.99 Å². The molecule has 0 aliphatic rings. The van der Waals surface area contributed by atoms with Crippen LogP contribution in [0.3, 0.4) is 0 Å². The molecule has 1 rings (SSSR count). The molecule has 1 heterocycles. The Morgan fingerprint density at radius 1 is 1.82 bits per heavy atom. The number of allylic oxidation sites excluding steroid dienone is 1. The summed E-state index contributed by atoms with van der Waals surface area (Å²) in [4.78, 5) is 6.81. The highest BCUT2D eigenvalue weighted by Crippen LogP contribution is 2.24. The molecule has 0 spiro atoms. The molecule has 11 heavy (non-hydrogen) atoms. The van der Waals surface area contributed by atoms with Gasteiger partial charge in [0.1, 0.15) is 5.82 Å². The molecule has 1 N–H and O–H groups in total. The third-order valence-corrected chi connectivity index (χ3v) is 1.69. The lowest BCUT2D eigenvalue weighted by atomic mass is 10.1. The Balaban J connectivity index is 0.00000121. The summed E-state index contributed by atoms with van der Waals surface area (Å²) in [6.07, 6.45) is 2.79. The molecule has 0 atom stereocenters. The summed E-state index contributed by atoms with van der Waals surface area (Å²) in [5.74, 6) is 0.817. The Morgan fingerprint density at radius 2 is 2.55 bits per heavy atom. The van der Waals surface area contributed by atoms with E-state index in [2.05, 4.69) is 30.2 Å². The van der Waals surface area contributed by atoms with Crippen molar-refractivity contribution in [3.63, 3.8) is 0 Å². The highest BCUT2D eigenvalue weighted by atomic mass is 14.9. The number of nitrogens with zero attached hydrogens (tertiary/aromatic N) is 1. The fourth-order valence-electron chi connectivity index (χ4n) is 0.967. The van der Waals surface area contributed by atoms with Gasteiger partial charge in [-0.05, 0) is 24.8 Å². The molecule has 0 aromatic carbocycles. The maximum atomic E-state index is 3.92. The molecule has 0 fully saturated rings. The van der Waals surface area contributed by atoms with Gasteiger partial charge < -0.3 is 4.98 Å². The van der Waals surface area contributed by atoms with Crippen molar-refractivity contribution in [1.82, 2.24) is 4.98 Å². The van der Waals surface area contributed by atoms with Gasteiger partial charge in [0.15, 0.2) is 0 Å². The smallest absolute Gasteiger partial charge is 0.136 e. The summed E-state index contributed by atoms with van der Waals surface area (Å²) in [7, 11) is 0. The van der Waals surface area contributed by atoms with Crippen LogP contribution in [-0.2, 0) is 0 Å². The van der Waals surface area contributed by atoms with Gasteiger partial charge >= 0.3 is 0 Å². The van der Waals surface area contributed by atoms with Crippen molar-refractivity contribution in [3.8, 4) is 0 Å². The highest BCUT2D eigenvalue weighted by molar-refractivity contribution is 5.72. The van der Waals surface area contributed by atoms with Crippen LogP contribution in [0.4, 0.5) is 5.82 Å². The van der Waals surface area contributed by atoms with Gasteiger partial charge in [0.25, 0.3) is 0 Å². The maximum Gasteiger partial charge on any atom is 0.136 e. The number of hydrogen-bond acceptors (Lipinski definition) is 1. The largest absolute Gasteiger partial charge is 0.346 e. The van der Waals surface area contributed by atoms with Gasteiger partial charge in [0, 0.05) is 13.2 Å². The van der Waals surface area contributed by atoms with Crippen molar-refractivity contribution in [2.75, 3.05) is 0 Å². The first kappa shape index (κ1) is 7.79. The van der Waals surface area contributed by atoms with Crippen LogP contribution in [0.5, 0.6) is 0 Å². The molecule has 0 amide bonds. The minimum Gasteiger partial charge on any atom is -0.346 e. The van der Waals surface area contributed by atoms with Gasteiger partial charge in [-0.3, -0.25) is 0 Å². The van der Waals surface area contributed by atoms with E-state index in [1.165, 1.54) is 0 Å². The van der Waals surface area contributed by atoms with E-state index >= 15 is 0 Å². The van der Waals surface area contributed by atoms with E-state index in [1.807, 2.05) is 12.3 Å². The van der Waals surface area contributed by atoms with E-state index in [0.29, 0.717) is 0 Å². The zero-order valence-electron chi connectivity index (χ0n) is 6.72. The molecule has 60 valence electrons. The fourth-order valence-corrected chi connectivity index (χ4v) is 0.967. The van der Waals surface area contributed by atoms with E-state index in [9.17, 15) is 0 Å². The molecule has 2 nitrogen and oxygen atoms in total. The summed E-state index contributed by atoms with van der Waals surface area (Å²) < 4.78 is 0. The Bertz CT molecular complexity index is 276. The summed E-state index contributed by atoms with van der Waals surface area (Å²) in [5.41, 5.74) is 2.16. The van der Waals surface area contributed by atoms with Gasteiger partial charge in [0.2, 0.25) is 0 Å². The maximum absolute atomic E-state index is 3.92. The molecule has 0 aliphatic heterocycles. The SMILES string of the molecule is C=Nc1[nH]ccc1C(=C)CC.[HH]. The minimum atomic E-state index is 0. The van der Waals surface area contributed by atoms with Crippen molar-refractivity contribution in [3.05, 3.63) is 24.4 Å². The minimum absolute atomic E-state index is 0. The molecule has 0 saturated carbocycles. The van der Waals surface area contributed by atoms with Crippen LogP contribution in [0.2, 0.25) is 0 Å². The number of nitrogens with one attached hydrogen (secondary N) is 1. The Kier molecular flexibility index (Phi) is 2.26. The zero-order valence-corrected chi connectivity index (χ0v) is 6.72. The lowest BCUT2D eigenvalue weighted by Gasteiger charge is -1.98. The molecule has 1 aromatic heterocycles. The van der Waals surface area contributed by atoms with Gasteiger partial charge in [0.05, 0.1) is 0 Å². The molecule has 0 aliphatic carbocycles. The monoisotopic (exact) mass is 150 g/mol. The number of aromatic amines is 1. The highest BCUT2D eigenvalue weighted by Gasteiger charge is 2.02. The summed E-state index contributed by atoms with van der Waals surface area (Å²) in [5, 5.41) is 0. The topological polar surface area (TPSA) is 28.1 Å². The zero-order chi connectivity index (χ0) is 8.27. The summed E-state index contributed by atoms with van der Waals surface area (Å²) in [6, 6.07) is 1.97. The second-order valence-corrected chi connectivity index (χ2v) is 2.36. The molecular weight excluding hydrogens is 136 g/mol. The van der Waals surface area contributed by atoms with Gasteiger partial charge in [-0.25, -0.2) is 4.99 Å². The normalized spacial score (nSPS) is 9.55. The molecule has 0 radical (unpaired) electrons. The molecule has 0 unspecified atom stereocenters. The predicted molar refractivity (Wildman–Crippen MR) is 51.4 cm³/mol. The third kappa shape index (κ3) is 1.40. The van der Waals surface area contributed by atoms with Gasteiger partial charge in [-0.1, -0.05) is 13.5 Å². The van der Waals surface area contributed by atoms with Gasteiger partial charge in [-0.2, -0.15) is 0 Å². The van der Waals surface area contributed by atoms with E-state index in [1.54, 1.807) is 0 Å². The second kappa shape index (κ2) is 3.19. The van der Waals surface area contributed by atoms with Crippen molar-refractivity contribution >= 4 is 18.1 Å². The Hall–Kier alpha value is -1.31. The number of hydrogen-bond donors (Lipinski definition) is 1. The van der Waals surface area contributed by atoms with Crippen molar-refractivity contribution < 1.29 is 1.43 Å². The molecule has 0 bridgehead atoms. The molecule has 1 aromatic rings. The Morgan fingerprint density at radius 3 is 3.09 bits per heavy atom. The molecule has 2 heteroatoms. The van der Waals surface area contributed by atoms with Gasteiger partial charge in [-0.15, -0.1) is 0 Å². The number of H-pyrrole nitrogens is 1. The lowest BCUT2D eigenvalue weighted by molar-refractivity contribution is 1.24. The van der Waals surface area contributed by atoms with Crippen LogP contribution in [0.25, 0.3) is 5.57 Å². The lowest BCUT2D eigenvalue weighted by Crippen LogP contribution is -1.76. The number of aromatic nitrogens is 1. The number of rotatable bonds is 3.